The van der Waals surface area contributed by atoms with Gasteiger partial charge in [-0.25, -0.2) is 19.5 Å². The van der Waals surface area contributed by atoms with Gasteiger partial charge in [0.05, 0.1) is 21.3 Å². The van der Waals surface area contributed by atoms with Crippen molar-refractivity contribution in [1.29, 1.82) is 0 Å². The second-order valence-electron chi connectivity index (χ2n) is 6.07. The van der Waals surface area contributed by atoms with Crippen molar-refractivity contribution in [2.75, 3.05) is 19.0 Å². The third-order valence-electron chi connectivity index (χ3n) is 4.23. The van der Waals surface area contributed by atoms with Gasteiger partial charge in [0, 0.05) is 20.3 Å². The Morgan fingerprint density at radius 2 is 1.92 bits per heavy atom. The molecular weight excluding hydrogens is 366 g/mol. The van der Waals surface area contributed by atoms with Crippen molar-refractivity contribution in [3.05, 3.63) is 53.2 Å². The van der Waals surface area contributed by atoms with Crippen molar-refractivity contribution in [2.24, 2.45) is 0 Å². The number of hydrogen-bond acceptors (Lipinski definition) is 7. The van der Waals surface area contributed by atoms with Gasteiger partial charge in [0.15, 0.2) is 5.13 Å². The number of nitrogens with zero attached hydrogens (tertiary/aromatic N) is 5. The molecule has 0 bridgehead atoms. The van der Waals surface area contributed by atoms with Gasteiger partial charge in [0.2, 0.25) is 0 Å². The highest BCUT2D eigenvalue weighted by Gasteiger charge is 2.18. The number of anilines is 1. The fourth-order valence-electron chi connectivity index (χ4n) is 3.01. The predicted molar refractivity (Wildman–Crippen MR) is 108 cm³/mol. The van der Waals surface area contributed by atoms with E-state index < -0.39 is 0 Å². The van der Waals surface area contributed by atoms with E-state index in [-0.39, 0.29) is 5.56 Å². The topological polar surface area (TPSA) is 63.9 Å². The molecule has 0 aliphatic heterocycles. The maximum absolute atomic E-state index is 13.1. The molecule has 0 N–H and O–H groups in total. The van der Waals surface area contributed by atoms with Crippen molar-refractivity contribution >= 4 is 59.0 Å². The average Bonchev–Trinajstić information content (AvgIpc) is 3.23. The maximum atomic E-state index is 13.1. The van der Waals surface area contributed by atoms with Gasteiger partial charge in [-0.05, 0) is 18.2 Å². The summed E-state index contributed by atoms with van der Waals surface area (Å²) in [6.07, 6.45) is 3.33. The molecule has 0 fully saturated rings. The summed E-state index contributed by atoms with van der Waals surface area (Å²) in [5.74, 6) is 0. The van der Waals surface area contributed by atoms with Crippen LogP contribution in [0.25, 0.3) is 35.8 Å². The first kappa shape index (κ1) is 15.4. The lowest BCUT2D eigenvalue weighted by molar-refractivity contribution is 0.957. The summed E-state index contributed by atoms with van der Waals surface area (Å²) in [6.45, 7) is 0. The Morgan fingerprint density at radius 3 is 2.73 bits per heavy atom. The summed E-state index contributed by atoms with van der Waals surface area (Å²) in [7, 11) is 3.95. The van der Waals surface area contributed by atoms with Gasteiger partial charge in [0.1, 0.15) is 21.4 Å². The van der Waals surface area contributed by atoms with Crippen LogP contribution in [0.1, 0.15) is 0 Å². The molecular formula is C18H13N5OS2. The zero-order valence-electron chi connectivity index (χ0n) is 14.0. The highest BCUT2D eigenvalue weighted by Crippen LogP contribution is 2.35. The number of benzene rings is 1. The van der Waals surface area contributed by atoms with Crippen molar-refractivity contribution in [2.45, 2.75) is 0 Å². The van der Waals surface area contributed by atoms with Crippen LogP contribution in [0.3, 0.4) is 0 Å². The first-order chi connectivity index (χ1) is 12.6. The van der Waals surface area contributed by atoms with Crippen LogP contribution in [-0.2, 0) is 0 Å². The number of fused-ring (bicyclic) bond motifs is 4. The normalized spacial score (nSPS) is 11.6. The molecule has 128 valence electrons. The Morgan fingerprint density at radius 1 is 1.08 bits per heavy atom. The maximum Gasteiger partial charge on any atom is 0.277 e. The summed E-state index contributed by atoms with van der Waals surface area (Å²) in [5, 5.41) is 1.55. The number of thiophene rings is 1. The van der Waals surface area contributed by atoms with E-state index in [1.807, 2.05) is 49.3 Å². The lowest BCUT2D eigenvalue weighted by Crippen LogP contribution is -2.17. The van der Waals surface area contributed by atoms with Gasteiger partial charge >= 0.3 is 0 Å². The first-order valence-electron chi connectivity index (χ1n) is 7.95. The van der Waals surface area contributed by atoms with Crippen molar-refractivity contribution in [1.82, 2.24) is 19.5 Å². The Kier molecular flexibility index (Phi) is 3.31. The minimum atomic E-state index is -0.109. The monoisotopic (exact) mass is 379 g/mol. The largest absolute Gasteiger partial charge is 0.377 e. The molecule has 0 aliphatic carbocycles. The molecule has 5 aromatic rings. The Labute approximate surface area is 156 Å². The number of aromatic nitrogens is 4. The molecule has 4 aromatic heterocycles. The third-order valence-corrected chi connectivity index (χ3v) is 6.34. The molecule has 1 aromatic carbocycles. The number of para-hydroxylation sites is 1. The van der Waals surface area contributed by atoms with E-state index in [2.05, 4.69) is 15.0 Å². The molecule has 0 saturated carbocycles. The fourth-order valence-corrected chi connectivity index (χ4v) is 4.99. The van der Waals surface area contributed by atoms with E-state index in [9.17, 15) is 4.79 Å². The Hall–Kier alpha value is -2.84. The highest BCUT2D eigenvalue weighted by atomic mass is 32.1. The van der Waals surface area contributed by atoms with E-state index in [4.69, 9.17) is 0 Å². The molecule has 0 amide bonds. The van der Waals surface area contributed by atoms with E-state index in [1.54, 1.807) is 12.5 Å². The van der Waals surface area contributed by atoms with E-state index in [0.29, 0.717) is 15.3 Å². The summed E-state index contributed by atoms with van der Waals surface area (Å²) in [4.78, 5) is 29.5. The molecule has 6 nitrogen and oxygen atoms in total. The Bertz CT molecular complexity index is 1320. The molecule has 0 spiro atoms. The second kappa shape index (κ2) is 5.58. The van der Waals surface area contributed by atoms with Crippen LogP contribution in [0.15, 0.2) is 47.7 Å². The second-order valence-corrected chi connectivity index (χ2v) is 8.08. The number of rotatable bonds is 2. The van der Waals surface area contributed by atoms with Gasteiger partial charge in [-0.3, -0.25) is 4.79 Å². The van der Waals surface area contributed by atoms with Crippen LogP contribution < -0.4 is 10.5 Å². The highest BCUT2D eigenvalue weighted by molar-refractivity contribution is 7.25. The zero-order chi connectivity index (χ0) is 17.8. The van der Waals surface area contributed by atoms with Crippen LogP contribution in [0, 0.1) is 0 Å². The van der Waals surface area contributed by atoms with E-state index in [1.165, 1.54) is 27.2 Å². The van der Waals surface area contributed by atoms with E-state index in [0.717, 1.165) is 26.1 Å². The quantitative estimate of drug-likeness (QED) is 0.468. The molecule has 0 radical (unpaired) electrons. The molecule has 8 heteroatoms. The summed E-state index contributed by atoms with van der Waals surface area (Å²) < 4.78 is 3.17. The smallest absolute Gasteiger partial charge is 0.277 e. The molecule has 4 heterocycles. The van der Waals surface area contributed by atoms with E-state index >= 15 is 0 Å². The van der Waals surface area contributed by atoms with Crippen LogP contribution in [0.4, 0.5) is 5.69 Å². The van der Waals surface area contributed by atoms with Crippen molar-refractivity contribution < 1.29 is 0 Å². The molecule has 0 atom stereocenters. The molecule has 5 rings (SSSR count). The van der Waals surface area contributed by atoms with Gasteiger partial charge in [-0.2, -0.15) is 0 Å². The van der Waals surface area contributed by atoms with Gasteiger partial charge in [0.25, 0.3) is 5.56 Å². The number of thiazole rings is 1. The zero-order valence-corrected chi connectivity index (χ0v) is 15.6. The molecule has 0 aliphatic rings. The third kappa shape index (κ3) is 2.16. The average molecular weight is 379 g/mol. The van der Waals surface area contributed by atoms with Crippen LogP contribution in [0.2, 0.25) is 0 Å². The predicted octanol–water partition coefficient (Wildman–Crippen LogP) is 3.67. The van der Waals surface area contributed by atoms with Crippen LogP contribution >= 0.6 is 22.7 Å². The number of hydrogen-bond donors (Lipinski definition) is 0. The van der Waals surface area contributed by atoms with Crippen LogP contribution in [-0.4, -0.2) is 33.6 Å². The minimum Gasteiger partial charge on any atom is -0.377 e. The lowest BCUT2D eigenvalue weighted by Gasteiger charge is -2.13. The van der Waals surface area contributed by atoms with Crippen molar-refractivity contribution in [3.63, 3.8) is 0 Å². The molecule has 0 unspecified atom stereocenters. The minimum absolute atomic E-state index is 0.109. The molecule has 0 saturated heterocycles. The summed E-state index contributed by atoms with van der Waals surface area (Å²) in [6, 6.07) is 9.79. The summed E-state index contributed by atoms with van der Waals surface area (Å²) in [5.41, 5.74) is 2.48. The first-order valence-corrected chi connectivity index (χ1v) is 9.59. The van der Waals surface area contributed by atoms with Crippen molar-refractivity contribution in [3.8, 4) is 5.13 Å². The SMILES string of the molecule is CN(C)c1ccnc2sc3c(=O)n(-c4nc5ccccc5s4)cnc3c12. The van der Waals surface area contributed by atoms with Crippen LogP contribution in [0.5, 0.6) is 0 Å². The van der Waals surface area contributed by atoms with Gasteiger partial charge in [-0.15, -0.1) is 11.3 Å². The van der Waals surface area contributed by atoms with Gasteiger partial charge < -0.3 is 4.90 Å². The summed E-state index contributed by atoms with van der Waals surface area (Å²) >= 11 is 2.86. The standard InChI is InChI=1S/C18H13N5OS2/c1-22(2)11-7-8-19-16-13(11)14-15(26-16)17(24)23(9-20-14)18-21-10-5-3-4-6-12(10)25-18/h3-9H,1-2H3. The number of pyridine rings is 1. The van der Waals surface area contributed by atoms with Gasteiger partial charge in [-0.1, -0.05) is 23.5 Å². The molecule has 26 heavy (non-hydrogen) atoms. The lowest BCUT2D eigenvalue weighted by atomic mass is 10.2. The Balaban J connectivity index is 1.81. The fraction of sp³-hybridized carbons (Fsp3) is 0.111.